The van der Waals surface area contributed by atoms with E-state index < -0.39 is 0 Å². The van der Waals surface area contributed by atoms with Gasteiger partial charge in [0.2, 0.25) is 5.91 Å². The lowest BCUT2D eigenvalue weighted by Crippen LogP contribution is -2.28. The predicted molar refractivity (Wildman–Crippen MR) is 66.2 cm³/mol. The topological polar surface area (TPSA) is 59.2 Å². The molecule has 2 N–H and O–H groups in total. The summed E-state index contributed by atoms with van der Waals surface area (Å²) < 4.78 is 0.972. The number of amides is 1. The first-order valence-corrected chi connectivity index (χ1v) is 6.03. The minimum atomic E-state index is -0.211. The van der Waals surface area contributed by atoms with Gasteiger partial charge in [-0.2, -0.15) is 0 Å². The van der Waals surface area contributed by atoms with Gasteiger partial charge in [-0.15, -0.1) is 0 Å². The first kappa shape index (κ1) is 11.4. The van der Waals surface area contributed by atoms with Gasteiger partial charge in [0.1, 0.15) is 5.82 Å². The molecule has 1 atom stereocenters. The van der Waals surface area contributed by atoms with Crippen molar-refractivity contribution >= 4 is 27.7 Å². The van der Waals surface area contributed by atoms with Gasteiger partial charge >= 0.3 is 0 Å². The number of pyridine rings is 1. The van der Waals surface area contributed by atoms with E-state index >= 15 is 0 Å². The number of nitrogens with zero attached hydrogens (tertiary/aromatic N) is 2. The van der Waals surface area contributed by atoms with E-state index in [0.29, 0.717) is 6.54 Å². The van der Waals surface area contributed by atoms with E-state index in [9.17, 15) is 4.79 Å². The Kier molecular flexibility index (Phi) is 3.14. The van der Waals surface area contributed by atoms with Crippen molar-refractivity contribution < 1.29 is 4.79 Å². The molecule has 86 valence electrons. The molecule has 1 unspecified atom stereocenters. The summed E-state index contributed by atoms with van der Waals surface area (Å²) in [6.45, 7) is 3.55. The SMILES string of the molecule is Cc1cc(Br)cnc1N1CCC(C(N)=O)C1. The summed E-state index contributed by atoms with van der Waals surface area (Å²) in [6, 6.07) is 2.03. The third-order valence-corrected chi connectivity index (χ3v) is 3.34. The number of primary amides is 1. The van der Waals surface area contributed by atoms with E-state index in [1.165, 1.54) is 0 Å². The fraction of sp³-hybridized carbons (Fsp3) is 0.455. The van der Waals surface area contributed by atoms with Crippen LogP contribution in [-0.2, 0) is 4.79 Å². The molecule has 0 radical (unpaired) electrons. The molecule has 5 heteroatoms. The summed E-state index contributed by atoms with van der Waals surface area (Å²) in [5.41, 5.74) is 6.42. The van der Waals surface area contributed by atoms with Gasteiger partial charge in [0, 0.05) is 23.8 Å². The smallest absolute Gasteiger partial charge is 0.222 e. The largest absolute Gasteiger partial charge is 0.369 e. The van der Waals surface area contributed by atoms with E-state index in [0.717, 1.165) is 28.8 Å². The molecule has 1 aromatic rings. The van der Waals surface area contributed by atoms with Gasteiger partial charge in [-0.25, -0.2) is 4.98 Å². The maximum Gasteiger partial charge on any atom is 0.222 e. The lowest BCUT2D eigenvalue weighted by Gasteiger charge is -2.19. The Balaban J connectivity index is 2.17. The molecule has 1 aromatic heterocycles. The molecule has 1 saturated heterocycles. The second kappa shape index (κ2) is 4.41. The van der Waals surface area contributed by atoms with Crippen LogP contribution in [0.1, 0.15) is 12.0 Å². The van der Waals surface area contributed by atoms with Gasteiger partial charge in [0.05, 0.1) is 5.92 Å². The number of halogens is 1. The second-order valence-electron chi connectivity index (χ2n) is 4.13. The van der Waals surface area contributed by atoms with Crippen molar-refractivity contribution in [3.8, 4) is 0 Å². The summed E-state index contributed by atoms with van der Waals surface area (Å²) in [5.74, 6) is 0.703. The van der Waals surface area contributed by atoms with Crippen LogP contribution in [0, 0.1) is 12.8 Å². The number of anilines is 1. The summed E-state index contributed by atoms with van der Waals surface area (Å²) >= 11 is 3.38. The average Bonchev–Trinajstić information content (AvgIpc) is 2.66. The maximum atomic E-state index is 11.1. The van der Waals surface area contributed by atoms with Crippen LogP contribution in [0.3, 0.4) is 0 Å². The fourth-order valence-corrected chi connectivity index (χ4v) is 2.49. The second-order valence-corrected chi connectivity index (χ2v) is 5.04. The Morgan fingerprint density at radius 3 is 3.00 bits per heavy atom. The van der Waals surface area contributed by atoms with Gasteiger partial charge < -0.3 is 10.6 Å². The summed E-state index contributed by atoms with van der Waals surface area (Å²) in [6.07, 6.45) is 2.60. The minimum absolute atomic E-state index is 0.0372. The van der Waals surface area contributed by atoms with Crippen LogP contribution in [0.15, 0.2) is 16.7 Å². The molecule has 2 heterocycles. The molecular formula is C11H14BrN3O. The van der Waals surface area contributed by atoms with Crippen molar-refractivity contribution in [3.05, 3.63) is 22.3 Å². The Morgan fingerprint density at radius 1 is 1.69 bits per heavy atom. The molecule has 1 amide bonds. The highest BCUT2D eigenvalue weighted by Crippen LogP contribution is 2.26. The molecule has 1 aliphatic rings. The number of carbonyl (C=O) groups is 1. The van der Waals surface area contributed by atoms with Crippen molar-refractivity contribution in [2.45, 2.75) is 13.3 Å². The van der Waals surface area contributed by atoms with E-state index in [2.05, 4.69) is 25.8 Å². The highest BCUT2D eigenvalue weighted by Gasteiger charge is 2.27. The lowest BCUT2D eigenvalue weighted by atomic mass is 10.1. The average molecular weight is 284 g/mol. The monoisotopic (exact) mass is 283 g/mol. The molecule has 16 heavy (non-hydrogen) atoms. The van der Waals surface area contributed by atoms with Crippen molar-refractivity contribution in [2.24, 2.45) is 11.7 Å². The molecule has 0 bridgehead atoms. The molecule has 4 nitrogen and oxygen atoms in total. The zero-order valence-corrected chi connectivity index (χ0v) is 10.7. The maximum absolute atomic E-state index is 11.1. The van der Waals surface area contributed by atoms with Crippen molar-refractivity contribution in [1.29, 1.82) is 0 Å². The van der Waals surface area contributed by atoms with Crippen LogP contribution in [0.5, 0.6) is 0 Å². The summed E-state index contributed by atoms with van der Waals surface area (Å²) in [7, 11) is 0. The zero-order chi connectivity index (χ0) is 11.7. The van der Waals surface area contributed by atoms with Crippen LogP contribution >= 0.6 is 15.9 Å². The molecule has 1 aliphatic heterocycles. The van der Waals surface area contributed by atoms with Gasteiger partial charge in [0.15, 0.2) is 0 Å². The number of aromatic nitrogens is 1. The van der Waals surface area contributed by atoms with Gasteiger partial charge in [-0.3, -0.25) is 4.79 Å². The van der Waals surface area contributed by atoms with Crippen LogP contribution in [-0.4, -0.2) is 24.0 Å². The number of hydrogen-bond acceptors (Lipinski definition) is 3. The lowest BCUT2D eigenvalue weighted by molar-refractivity contribution is -0.121. The molecule has 0 aromatic carbocycles. The van der Waals surface area contributed by atoms with Crippen LogP contribution < -0.4 is 10.6 Å². The molecule has 2 rings (SSSR count). The molecule has 0 saturated carbocycles. The Bertz CT molecular complexity index is 422. The number of nitrogens with two attached hydrogens (primary N) is 1. The van der Waals surface area contributed by atoms with E-state index in [-0.39, 0.29) is 11.8 Å². The van der Waals surface area contributed by atoms with E-state index in [1.807, 2.05) is 13.0 Å². The quantitative estimate of drug-likeness (QED) is 0.894. The van der Waals surface area contributed by atoms with E-state index in [4.69, 9.17) is 5.73 Å². The van der Waals surface area contributed by atoms with E-state index in [1.54, 1.807) is 6.20 Å². The number of aryl methyl sites for hydroxylation is 1. The van der Waals surface area contributed by atoms with Crippen molar-refractivity contribution in [1.82, 2.24) is 4.98 Å². The van der Waals surface area contributed by atoms with Crippen LogP contribution in [0.2, 0.25) is 0 Å². The van der Waals surface area contributed by atoms with Crippen molar-refractivity contribution in [2.75, 3.05) is 18.0 Å². The molecule has 0 spiro atoms. The first-order valence-electron chi connectivity index (χ1n) is 5.24. The number of rotatable bonds is 2. The van der Waals surface area contributed by atoms with Crippen LogP contribution in [0.25, 0.3) is 0 Å². The third kappa shape index (κ3) is 2.19. The standard InChI is InChI=1S/C11H14BrN3O/c1-7-4-9(12)5-14-11(7)15-3-2-8(6-15)10(13)16/h4-5,8H,2-3,6H2,1H3,(H2,13,16). The van der Waals surface area contributed by atoms with Crippen LogP contribution in [0.4, 0.5) is 5.82 Å². The van der Waals surface area contributed by atoms with Gasteiger partial charge in [-0.1, -0.05) is 0 Å². The predicted octanol–water partition coefficient (Wildman–Crippen LogP) is 1.46. The summed E-state index contributed by atoms with van der Waals surface area (Å²) in [5, 5.41) is 0. The molecular weight excluding hydrogens is 270 g/mol. The first-order chi connectivity index (χ1) is 7.58. The third-order valence-electron chi connectivity index (χ3n) is 2.91. The zero-order valence-electron chi connectivity index (χ0n) is 9.11. The highest BCUT2D eigenvalue weighted by atomic mass is 79.9. The Labute approximate surface area is 103 Å². The minimum Gasteiger partial charge on any atom is -0.369 e. The van der Waals surface area contributed by atoms with Gasteiger partial charge in [0.25, 0.3) is 0 Å². The Morgan fingerprint density at radius 2 is 2.44 bits per heavy atom. The highest BCUT2D eigenvalue weighted by molar-refractivity contribution is 9.10. The van der Waals surface area contributed by atoms with Gasteiger partial charge in [-0.05, 0) is 40.9 Å². The normalized spacial score (nSPS) is 20.1. The number of carbonyl (C=O) groups excluding carboxylic acids is 1. The summed E-state index contributed by atoms with van der Waals surface area (Å²) in [4.78, 5) is 17.6. The number of hydrogen-bond donors (Lipinski definition) is 1. The Hall–Kier alpha value is -1.10. The molecule has 0 aliphatic carbocycles. The van der Waals surface area contributed by atoms with Crippen molar-refractivity contribution in [3.63, 3.8) is 0 Å². The fourth-order valence-electron chi connectivity index (χ4n) is 2.05. The molecule has 1 fully saturated rings.